The number of rotatable bonds is 8. The van der Waals surface area contributed by atoms with Gasteiger partial charge in [0.05, 0.1) is 12.2 Å². The molecule has 0 saturated carbocycles. The van der Waals surface area contributed by atoms with Crippen LogP contribution in [0.3, 0.4) is 0 Å². The SMILES string of the molecule is C#CCCCCCC(=O)OS(=O)(=O)CCC(F)(F)F. The summed E-state index contributed by atoms with van der Waals surface area (Å²) in [6, 6.07) is 0. The van der Waals surface area contributed by atoms with Crippen molar-refractivity contribution >= 4 is 16.1 Å². The van der Waals surface area contributed by atoms with E-state index < -0.39 is 34.4 Å². The Morgan fingerprint density at radius 2 is 1.84 bits per heavy atom. The average Bonchev–Trinajstić information content (AvgIpc) is 2.25. The second-order valence-corrected chi connectivity index (χ2v) is 5.54. The summed E-state index contributed by atoms with van der Waals surface area (Å²) in [5, 5.41) is 0. The van der Waals surface area contributed by atoms with Crippen LogP contribution in [0.5, 0.6) is 0 Å². The Kier molecular flexibility index (Phi) is 7.52. The van der Waals surface area contributed by atoms with Crippen molar-refractivity contribution < 1.29 is 30.6 Å². The summed E-state index contributed by atoms with van der Waals surface area (Å²) in [4.78, 5) is 11.1. The molecule has 8 heteroatoms. The van der Waals surface area contributed by atoms with Crippen molar-refractivity contribution in [2.24, 2.45) is 0 Å². The van der Waals surface area contributed by atoms with Crippen LogP contribution in [-0.4, -0.2) is 26.3 Å². The summed E-state index contributed by atoms with van der Waals surface area (Å²) in [6.45, 7) is 0. The Bertz CT molecular complexity index is 420. The third-order valence-corrected chi connectivity index (χ3v) is 3.20. The van der Waals surface area contributed by atoms with Crippen LogP contribution in [0.2, 0.25) is 0 Å². The summed E-state index contributed by atoms with van der Waals surface area (Å²) < 4.78 is 61.6. The molecule has 0 N–H and O–H groups in total. The van der Waals surface area contributed by atoms with E-state index in [0.29, 0.717) is 25.7 Å². The summed E-state index contributed by atoms with van der Waals surface area (Å²) in [5.41, 5.74) is 0. The number of alkyl halides is 3. The van der Waals surface area contributed by atoms with E-state index in [2.05, 4.69) is 10.1 Å². The minimum absolute atomic E-state index is 0.157. The number of halogens is 3. The first-order chi connectivity index (χ1) is 8.66. The van der Waals surface area contributed by atoms with Gasteiger partial charge in [0, 0.05) is 12.8 Å². The number of hydrogen-bond acceptors (Lipinski definition) is 4. The summed E-state index contributed by atoms with van der Waals surface area (Å²) in [5.74, 6) is 0.117. The molecule has 0 rings (SSSR count). The molecule has 0 heterocycles. The molecule has 0 atom stereocenters. The zero-order valence-corrected chi connectivity index (χ0v) is 11.0. The van der Waals surface area contributed by atoms with Crippen LogP contribution in [-0.2, 0) is 19.1 Å². The minimum Gasteiger partial charge on any atom is -0.346 e. The normalized spacial score (nSPS) is 11.9. The van der Waals surface area contributed by atoms with Gasteiger partial charge in [-0.15, -0.1) is 12.3 Å². The molecule has 0 radical (unpaired) electrons. The largest absolute Gasteiger partial charge is 0.390 e. The lowest BCUT2D eigenvalue weighted by molar-refractivity contribution is -0.135. The van der Waals surface area contributed by atoms with Crippen molar-refractivity contribution in [1.29, 1.82) is 0 Å². The van der Waals surface area contributed by atoms with Crippen LogP contribution >= 0.6 is 0 Å². The highest BCUT2D eigenvalue weighted by molar-refractivity contribution is 7.87. The van der Waals surface area contributed by atoms with Crippen LogP contribution in [0.15, 0.2) is 0 Å². The van der Waals surface area contributed by atoms with Crippen LogP contribution in [0, 0.1) is 12.3 Å². The summed E-state index contributed by atoms with van der Waals surface area (Å²) in [7, 11) is -4.46. The van der Waals surface area contributed by atoms with Gasteiger partial charge in [-0.3, -0.25) is 4.79 Å². The lowest BCUT2D eigenvalue weighted by atomic mass is 10.1. The minimum atomic E-state index is -4.60. The molecule has 0 aliphatic rings. The number of unbranched alkanes of at least 4 members (excludes halogenated alkanes) is 3. The fourth-order valence-corrected chi connectivity index (χ4v) is 2.07. The third-order valence-electron chi connectivity index (χ3n) is 2.06. The predicted octanol–water partition coefficient (Wildman–Crippen LogP) is 2.40. The molecule has 0 aliphatic heterocycles. The Labute approximate surface area is 110 Å². The van der Waals surface area contributed by atoms with Crippen molar-refractivity contribution in [3.8, 4) is 12.3 Å². The van der Waals surface area contributed by atoms with Gasteiger partial charge in [0.2, 0.25) is 0 Å². The molecule has 0 aromatic carbocycles. The van der Waals surface area contributed by atoms with E-state index in [1.807, 2.05) is 0 Å². The number of hydrogen-bond donors (Lipinski definition) is 0. The quantitative estimate of drug-likeness (QED) is 0.392. The Morgan fingerprint density at radius 3 is 2.37 bits per heavy atom. The smallest absolute Gasteiger partial charge is 0.346 e. The maximum Gasteiger partial charge on any atom is 0.390 e. The maximum absolute atomic E-state index is 11.8. The highest BCUT2D eigenvalue weighted by atomic mass is 32.2. The van der Waals surface area contributed by atoms with Crippen molar-refractivity contribution in [2.75, 3.05) is 5.75 Å². The van der Waals surface area contributed by atoms with Gasteiger partial charge in [-0.25, -0.2) is 0 Å². The molecular formula is C11H15F3O4S. The fraction of sp³-hybridized carbons (Fsp3) is 0.727. The molecule has 0 bridgehead atoms. The monoisotopic (exact) mass is 300 g/mol. The number of carbonyl (C=O) groups is 1. The van der Waals surface area contributed by atoms with E-state index in [-0.39, 0.29) is 6.42 Å². The second kappa shape index (κ2) is 8.04. The molecule has 0 unspecified atom stereocenters. The number of terminal acetylenes is 1. The van der Waals surface area contributed by atoms with Crippen molar-refractivity contribution in [3.63, 3.8) is 0 Å². The molecule has 19 heavy (non-hydrogen) atoms. The van der Waals surface area contributed by atoms with Gasteiger partial charge in [0.1, 0.15) is 0 Å². The van der Waals surface area contributed by atoms with E-state index in [9.17, 15) is 26.4 Å². The molecular weight excluding hydrogens is 285 g/mol. The zero-order chi connectivity index (χ0) is 14.9. The van der Waals surface area contributed by atoms with Crippen LogP contribution in [0.4, 0.5) is 13.2 Å². The molecule has 0 aliphatic carbocycles. The van der Waals surface area contributed by atoms with Gasteiger partial charge in [0.15, 0.2) is 0 Å². The van der Waals surface area contributed by atoms with Crippen LogP contribution in [0.1, 0.15) is 38.5 Å². The van der Waals surface area contributed by atoms with E-state index in [1.54, 1.807) is 0 Å². The first kappa shape index (κ1) is 17.8. The Hall–Kier alpha value is -1.23. The van der Waals surface area contributed by atoms with Crippen molar-refractivity contribution in [3.05, 3.63) is 0 Å². The second-order valence-electron chi connectivity index (χ2n) is 3.85. The van der Waals surface area contributed by atoms with E-state index >= 15 is 0 Å². The van der Waals surface area contributed by atoms with Gasteiger partial charge in [-0.1, -0.05) is 6.42 Å². The number of carbonyl (C=O) groups excluding carboxylic acids is 1. The molecule has 110 valence electrons. The van der Waals surface area contributed by atoms with Gasteiger partial charge < -0.3 is 4.18 Å². The van der Waals surface area contributed by atoms with Gasteiger partial charge in [-0.05, 0) is 12.8 Å². The standard InChI is InChI=1S/C11H15F3O4S/c1-2-3-4-5-6-7-10(15)18-19(16,17)9-8-11(12,13)14/h1H,3-9H2. The average molecular weight is 300 g/mol. The van der Waals surface area contributed by atoms with Crippen molar-refractivity contribution in [2.45, 2.75) is 44.7 Å². The molecule has 0 saturated heterocycles. The van der Waals surface area contributed by atoms with E-state index in [4.69, 9.17) is 6.42 Å². The molecule has 0 aromatic rings. The van der Waals surface area contributed by atoms with Crippen LogP contribution in [0.25, 0.3) is 0 Å². The molecule has 0 aromatic heterocycles. The highest BCUT2D eigenvalue weighted by Gasteiger charge is 2.31. The molecule has 4 nitrogen and oxygen atoms in total. The molecule has 0 fully saturated rings. The highest BCUT2D eigenvalue weighted by Crippen LogP contribution is 2.20. The Morgan fingerprint density at radius 1 is 1.21 bits per heavy atom. The van der Waals surface area contributed by atoms with Gasteiger partial charge in [0.25, 0.3) is 0 Å². The first-order valence-electron chi connectivity index (χ1n) is 5.61. The van der Waals surface area contributed by atoms with E-state index in [0.717, 1.165) is 0 Å². The van der Waals surface area contributed by atoms with E-state index in [1.165, 1.54) is 0 Å². The summed E-state index contributed by atoms with van der Waals surface area (Å²) in [6.07, 6.45) is 0.978. The topological polar surface area (TPSA) is 60.4 Å². The third kappa shape index (κ3) is 11.6. The van der Waals surface area contributed by atoms with Crippen molar-refractivity contribution in [1.82, 2.24) is 0 Å². The fourth-order valence-electron chi connectivity index (χ4n) is 1.14. The van der Waals surface area contributed by atoms with Gasteiger partial charge >= 0.3 is 22.3 Å². The Balaban J connectivity index is 3.94. The molecule has 0 amide bonds. The van der Waals surface area contributed by atoms with Gasteiger partial charge in [-0.2, -0.15) is 21.6 Å². The molecule has 0 spiro atoms. The zero-order valence-electron chi connectivity index (χ0n) is 10.2. The predicted molar refractivity (Wildman–Crippen MR) is 62.5 cm³/mol. The summed E-state index contributed by atoms with van der Waals surface area (Å²) >= 11 is 0. The van der Waals surface area contributed by atoms with Crippen LogP contribution < -0.4 is 0 Å². The first-order valence-corrected chi connectivity index (χ1v) is 7.19. The lowest BCUT2D eigenvalue weighted by Gasteiger charge is -2.07. The maximum atomic E-state index is 11.8. The lowest BCUT2D eigenvalue weighted by Crippen LogP contribution is -2.20.